The minimum Gasteiger partial charge on any atom is -0.497 e. The normalized spacial score (nSPS) is 10.9. The fourth-order valence-corrected chi connectivity index (χ4v) is 4.04. The van der Waals surface area contributed by atoms with Crippen LogP contribution in [-0.2, 0) is 34.0 Å². The summed E-state index contributed by atoms with van der Waals surface area (Å²) in [6.45, 7) is 6.03. The van der Waals surface area contributed by atoms with Crippen molar-refractivity contribution >= 4 is 11.8 Å². The summed E-state index contributed by atoms with van der Waals surface area (Å²) < 4.78 is 12.7. The number of nitrogens with zero attached hydrogens (tertiary/aromatic N) is 3. The standard InChI is InChI=1S/C29H37N3O4/c1-23(2)29(34)31(16-17-35-3)22-28(33)32(19-24-10-6-5-7-11-24)21-26-13-9-15-30(26)20-25-12-8-14-27(18-25)36-4/h5-15,18,23H,16-17,19-22H2,1-4H3. The van der Waals surface area contributed by atoms with E-state index >= 15 is 0 Å². The van der Waals surface area contributed by atoms with Crippen LogP contribution in [0.2, 0.25) is 0 Å². The van der Waals surface area contributed by atoms with Gasteiger partial charge in [0.25, 0.3) is 0 Å². The van der Waals surface area contributed by atoms with Gasteiger partial charge in [0.1, 0.15) is 5.75 Å². The van der Waals surface area contributed by atoms with Gasteiger partial charge in [-0.3, -0.25) is 9.59 Å². The van der Waals surface area contributed by atoms with Gasteiger partial charge in [0, 0.05) is 44.6 Å². The molecule has 0 atom stereocenters. The fourth-order valence-electron chi connectivity index (χ4n) is 4.04. The van der Waals surface area contributed by atoms with Gasteiger partial charge in [0.05, 0.1) is 26.8 Å². The number of methoxy groups -OCH3 is 2. The summed E-state index contributed by atoms with van der Waals surface area (Å²) in [6.07, 6.45) is 2.02. The highest BCUT2D eigenvalue weighted by Crippen LogP contribution is 2.17. The quantitative estimate of drug-likeness (QED) is 0.359. The van der Waals surface area contributed by atoms with E-state index < -0.39 is 0 Å². The first-order valence-corrected chi connectivity index (χ1v) is 12.3. The molecule has 0 aliphatic carbocycles. The molecule has 0 saturated heterocycles. The molecule has 7 nitrogen and oxygen atoms in total. The van der Waals surface area contributed by atoms with Crippen LogP contribution in [0.15, 0.2) is 72.9 Å². The third-order valence-corrected chi connectivity index (χ3v) is 6.03. The first-order valence-electron chi connectivity index (χ1n) is 12.3. The smallest absolute Gasteiger partial charge is 0.242 e. The summed E-state index contributed by atoms with van der Waals surface area (Å²) in [6, 6.07) is 21.9. The molecule has 0 N–H and O–H groups in total. The minimum atomic E-state index is -0.197. The number of aromatic nitrogens is 1. The number of carbonyl (C=O) groups is 2. The molecule has 0 unspecified atom stereocenters. The van der Waals surface area contributed by atoms with E-state index in [0.29, 0.717) is 32.8 Å². The minimum absolute atomic E-state index is 0.0177. The highest BCUT2D eigenvalue weighted by atomic mass is 16.5. The zero-order valence-electron chi connectivity index (χ0n) is 21.7. The highest BCUT2D eigenvalue weighted by Gasteiger charge is 2.24. The molecule has 0 spiro atoms. The van der Waals surface area contributed by atoms with Crippen molar-refractivity contribution in [3.63, 3.8) is 0 Å². The summed E-state index contributed by atoms with van der Waals surface area (Å²) in [7, 11) is 3.26. The maximum atomic E-state index is 13.6. The molecular weight excluding hydrogens is 454 g/mol. The summed E-state index contributed by atoms with van der Waals surface area (Å²) in [5.41, 5.74) is 3.16. The SMILES string of the molecule is COCCN(CC(=O)N(Cc1ccccc1)Cc1cccn1Cc1cccc(OC)c1)C(=O)C(C)C. The number of amides is 2. The van der Waals surface area contributed by atoms with Gasteiger partial charge in [0.2, 0.25) is 11.8 Å². The van der Waals surface area contributed by atoms with Crippen LogP contribution >= 0.6 is 0 Å². The molecule has 3 rings (SSSR count). The molecule has 192 valence electrons. The molecule has 1 aromatic heterocycles. The van der Waals surface area contributed by atoms with Crippen LogP contribution in [0.3, 0.4) is 0 Å². The summed E-state index contributed by atoms with van der Waals surface area (Å²) in [5, 5.41) is 0. The molecule has 0 saturated carbocycles. The Morgan fingerprint density at radius 2 is 1.64 bits per heavy atom. The Bertz CT molecular complexity index is 1110. The lowest BCUT2D eigenvalue weighted by Crippen LogP contribution is -2.45. The van der Waals surface area contributed by atoms with E-state index in [1.807, 2.05) is 85.6 Å². The van der Waals surface area contributed by atoms with Crippen LogP contribution in [0, 0.1) is 5.92 Å². The van der Waals surface area contributed by atoms with Gasteiger partial charge in [-0.1, -0.05) is 56.3 Å². The van der Waals surface area contributed by atoms with Crippen molar-refractivity contribution in [3.05, 3.63) is 89.7 Å². The predicted molar refractivity (Wildman–Crippen MR) is 141 cm³/mol. The van der Waals surface area contributed by atoms with E-state index in [1.54, 1.807) is 19.1 Å². The van der Waals surface area contributed by atoms with E-state index in [9.17, 15) is 9.59 Å². The third-order valence-electron chi connectivity index (χ3n) is 6.03. The molecular formula is C29H37N3O4. The zero-order chi connectivity index (χ0) is 25.9. The molecule has 0 radical (unpaired) electrons. The molecule has 7 heteroatoms. The van der Waals surface area contributed by atoms with E-state index in [0.717, 1.165) is 22.6 Å². The topological polar surface area (TPSA) is 64.0 Å². The Morgan fingerprint density at radius 1 is 0.889 bits per heavy atom. The van der Waals surface area contributed by atoms with Crippen LogP contribution in [0.1, 0.15) is 30.7 Å². The second kappa shape index (κ2) is 13.5. The van der Waals surface area contributed by atoms with Crippen molar-refractivity contribution in [2.24, 2.45) is 5.92 Å². The van der Waals surface area contributed by atoms with Crippen LogP contribution in [0.25, 0.3) is 0 Å². The molecule has 2 amide bonds. The molecule has 1 heterocycles. The average molecular weight is 492 g/mol. The summed E-state index contributed by atoms with van der Waals surface area (Å²) >= 11 is 0. The van der Waals surface area contributed by atoms with Crippen molar-refractivity contribution in [2.75, 3.05) is 33.9 Å². The van der Waals surface area contributed by atoms with Crippen LogP contribution < -0.4 is 4.74 Å². The largest absolute Gasteiger partial charge is 0.497 e. The zero-order valence-corrected chi connectivity index (χ0v) is 21.7. The van der Waals surface area contributed by atoms with Crippen LogP contribution in [0.4, 0.5) is 0 Å². The Morgan fingerprint density at radius 3 is 2.33 bits per heavy atom. The van der Waals surface area contributed by atoms with Gasteiger partial charge in [-0.05, 0) is 35.4 Å². The number of ether oxygens (including phenoxy) is 2. The van der Waals surface area contributed by atoms with Crippen molar-refractivity contribution in [1.82, 2.24) is 14.4 Å². The maximum absolute atomic E-state index is 13.6. The lowest BCUT2D eigenvalue weighted by molar-refractivity contribution is -0.143. The highest BCUT2D eigenvalue weighted by molar-refractivity contribution is 5.85. The molecule has 0 fully saturated rings. The summed E-state index contributed by atoms with van der Waals surface area (Å²) in [5.74, 6) is 0.463. The molecule has 0 aliphatic rings. The molecule has 36 heavy (non-hydrogen) atoms. The van der Waals surface area contributed by atoms with Crippen LogP contribution in [0.5, 0.6) is 5.75 Å². The van der Waals surface area contributed by atoms with Gasteiger partial charge >= 0.3 is 0 Å². The number of rotatable bonds is 13. The molecule has 3 aromatic rings. The van der Waals surface area contributed by atoms with Gasteiger partial charge in [-0.15, -0.1) is 0 Å². The average Bonchev–Trinajstić information content (AvgIpc) is 3.32. The van der Waals surface area contributed by atoms with Gasteiger partial charge in [0.15, 0.2) is 0 Å². The maximum Gasteiger partial charge on any atom is 0.242 e. The second-order valence-corrected chi connectivity index (χ2v) is 9.12. The lowest BCUT2D eigenvalue weighted by Gasteiger charge is -2.29. The van der Waals surface area contributed by atoms with Crippen molar-refractivity contribution in [2.45, 2.75) is 33.5 Å². The van der Waals surface area contributed by atoms with Gasteiger partial charge < -0.3 is 23.8 Å². The summed E-state index contributed by atoms with van der Waals surface area (Å²) in [4.78, 5) is 29.8. The first kappa shape index (κ1) is 27.0. The van der Waals surface area contributed by atoms with E-state index in [2.05, 4.69) is 10.6 Å². The Labute approximate surface area is 214 Å². The van der Waals surface area contributed by atoms with E-state index in [1.165, 1.54) is 0 Å². The van der Waals surface area contributed by atoms with E-state index in [-0.39, 0.29) is 24.3 Å². The second-order valence-electron chi connectivity index (χ2n) is 9.12. The number of carbonyl (C=O) groups excluding carboxylic acids is 2. The molecule has 0 aliphatic heterocycles. The molecule has 0 bridgehead atoms. The predicted octanol–water partition coefficient (Wildman–Crippen LogP) is 4.20. The Kier molecular flexibility index (Phi) is 10.1. The van der Waals surface area contributed by atoms with Crippen molar-refractivity contribution in [1.29, 1.82) is 0 Å². The van der Waals surface area contributed by atoms with Crippen LogP contribution in [-0.4, -0.2) is 60.1 Å². The van der Waals surface area contributed by atoms with Crippen molar-refractivity contribution in [3.8, 4) is 5.75 Å². The van der Waals surface area contributed by atoms with Gasteiger partial charge in [-0.25, -0.2) is 0 Å². The third kappa shape index (κ3) is 7.71. The Balaban J connectivity index is 1.82. The molecule has 2 aromatic carbocycles. The van der Waals surface area contributed by atoms with Crippen molar-refractivity contribution < 1.29 is 19.1 Å². The number of hydrogen-bond acceptors (Lipinski definition) is 4. The Hall–Kier alpha value is -3.58. The van der Waals surface area contributed by atoms with E-state index in [4.69, 9.17) is 9.47 Å². The fraction of sp³-hybridized carbons (Fsp3) is 0.379. The first-order chi connectivity index (χ1) is 17.4. The lowest BCUT2D eigenvalue weighted by atomic mass is 10.1. The van der Waals surface area contributed by atoms with Gasteiger partial charge in [-0.2, -0.15) is 0 Å². The monoisotopic (exact) mass is 491 g/mol. The number of hydrogen-bond donors (Lipinski definition) is 0. The number of benzene rings is 2.